The number of benzene rings is 1. The molecule has 0 aromatic heterocycles. The van der Waals surface area contributed by atoms with Crippen LogP contribution in [0.5, 0.6) is 0 Å². The van der Waals surface area contributed by atoms with E-state index in [1.54, 1.807) is 6.08 Å². The SMILES string of the molecule is Cc1ccccc1C=CC(=O)NC1CCCC1. The Balaban J connectivity index is 1.91. The van der Waals surface area contributed by atoms with E-state index in [0.717, 1.165) is 18.4 Å². The largest absolute Gasteiger partial charge is 0.350 e. The van der Waals surface area contributed by atoms with Gasteiger partial charge in [0.15, 0.2) is 0 Å². The molecular formula is C15H19NO. The number of amides is 1. The number of carbonyl (C=O) groups is 1. The smallest absolute Gasteiger partial charge is 0.244 e. The highest BCUT2D eigenvalue weighted by molar-refractivity contribution is 5.92. The Morgan fingerprint density at radius 2 is 2.00 bits per heavy atom. The molecule has 0 aliphatic heterocycles. The Labute approximate surface area is 103 Å². The second-order valence-electron chi connectivity index (χ2n) is 4.68. The summed E-state index contributed by atoms with van der Waals surface area (Å²) in [6.07, 6.45) is 8.27. The lowest BCUT2D eigenvalue weighted by molar-refractivity contribution is -0.117. The van der Waals surface area contributed by atoms with Crippen LogP contribution in [-0.4, -0.2) is 11.9 Å². The summed E-state index contributed by atoms with van der Waals surface area (Å²) >= 11 is 0. The first-order chi connectivity index (χ1) is 8.25. The van der Waals surface area contributed by atoms with Crippen LogP contribution in [-0.2, 0) is 4.79 Å². The fraction of sp³-hybridized carbons (Fsp3) is 0.400. The normalized spacial score (nSPS) is 16.5. The van der Waals surface area contributed by atoms with Crippen molar-refractivity contribution in [2.45, 2.75) is 38.6 Å². The van der Waals surface area contributed by atoms with Crippen LogP contribution in [0.25, 0.3) is 6.08 Å². The summed E-state index contributed by atoms with van der Waals surface area (Å²) in [5, 5.41) is 3.04. The molecule has 0 radical (unpaired) electrons. The van der Waals surface area contributed by atoms with Crippen molar-refractivity contribution in [2.75, 3.05) is 0 Å². The second kappa shape index (κ2) is 5.67. The topological polar surface area (TPSA) is 29.1 Å². The van der Waals surface area contributed by atoms with E-state index in [9.17, 15) is 4.79 Å². The third-order valence-electron chi connectivity index (χ3n) is 3.30. The van der Waals surface area contributed by atoms with Crippen LogP contribution in [0.3, 0.4) is 0 Å². The van der Waals surface area contributed by atoms with Gasteiger partial charge < -0.3 is 5.32 Å². The van der Waals surface area contributed by atoms with Crippen molar-refractivity contribution in [1.29, 1.82) is 0 Å². The van der Waals surface area contributed by atoms with Crippen molar-refractivity contribution < 1.29 is 4.79 Å². The predicted molar refractivity (Wildman–Crippen MR) is 70.6 cm³/mol. The minimum Gasteiger partial charge on any atom is -0.350 e. The molecule has 1 N–H and O–H groups in total. The van der Waals surface area contributed by atoms with E-state index in [4.69, 9.17) is 0 Å². The average Bonchev–Trinajstić information content (AvgIpc) is 2.81. The highest BCUT2D eigenvalue weighted by atomic mass is 16.1. The highest BCUT2D eigenvalue weighted by Crippen LogP contribution is 2.17. The van der Waals surface area contributed by atoms with E-state index in [2.05, 4.69) is 18.3 Å². The van der Waals surface area contributed by atoms with E-state index in [0.29, 0.717) is 6.04 Å². The van der Waals surface area contributed by atoms with Crippen molar-refractivity contribution in [3.05, 3.63) is 41.5 Å². The van der Waals surface area contributed by atoms with Gasteiger partial charge in [0.2, 0.25) is 5.91 Å². The van der Waals surface area contributed by atoms with Crippen LogP contribution < -0.4 is 5.32 Å². The molecule has 0 saturated heterocycles. The molecule has 1 aliphatic carbocycles. The fourth-order valence-electron chi connectivity index (χ4n) is 2.26. The van der Waals surface area contributed by atoms with Crippen LogP contribution in [0.1, 0.15) is 36.8 Å². The highest BCUT2D eigenvalue weighted by Gasteiger charge is 2.15. The molecule has 90 valence electrons. The van der Waals surface area contributed by atoms with E-state index >= 15 is 0 Å². The van der Waals surface area contributed by atoms with Crippen LogP contribution in [0, 0.1) is 6.92 Å². The molecule has 1 aliphatic rings. The van der Waals surface area contributed by atoms with E-state index in [1.807, 2.05) is 24.3 Å². The fourth-order valence-corrected chi connectivity index (χ4v) is 2.26. The Kier molecular flexibility index (Phi) is 3.97. The van der Waals surface area contributed by atoms with Crippen molar-refractivity contribution in [2.24, 2.45) is 0 Å². The zero-order chi connectivity index (χ0) is 12.1. The maximum absolute atomic E-state index is 11.7. The average molecular weight is 229 g/mol. The van der Waals surface area contributed by atoms with Crippen LogP contribution >= 0.6 is 0 Å². The summed E-state index contributed by atoms with van der Waals surface area (Å²) in [4.78, 5) is 11.7. The third-order valence-corrected chi connectivity index (χ3v) is 3.30. The summed E-state index contributed by atoms with van der Waals surface area (Å²) in [6.45, 7) is 2.05. The van der Waals surface area contributed by atoms with Gasteiger partial charge in [0.05, 0.1) is 0 Å². The molecule has 2 nitrogen and oxygen atoms in total. The lowest BCUT2D eigenvalue weighted by atomic mass is 10.1. The van der Waals surface area contributed by atoms with E-state index in [1.165, 1.54) is 18.4 Å². The first kappa shape index (κ1) is 11.9. The molecule has 0 spiro atoms. The van der Waals surface area contributed by atoms with Gasteiger partial charge in [-0.1, -0.05) is 37.1 Å². The summed E-state index contributed by atoms with van der Waals surface area (Å²) in [5.74, 6) is 0.0279. The lowest BCUT2D eigenvalue weighted by Gasteiger charge is -2.09. The maximum atomic E-state index is 11.7. The van der Waals surface area contributed by atoms with Gasteiger partial charge in [0.25, 0.3) is 0 Å². The lowest BCUT2D eigenvalue weighted by Crippen LogP contribution is -2.30. The zero-order valence-corrected chi connectivity index (χ0v) is 10.3. The number of nitrogens with one attached hydrogen (secondary N) is 1. The third kappa shape index (κ3) is 3.45. The number of carbonyl (C=O) groups excluding carboxylic acids is 1. The van der Waals surface area contributed by atoms with Gasteiger partial charge in [0, 0.05) is 12.1 Å². The molecule has 17 heavy (non-hydrogen) atoms. The molecule has 0 bridgehead atoms. The van der Waals surface area contributed by atoms with Gasteiger partial charge in [-0.25, -0.2) is 0 Å². The molecule has 0 unspecified atom stereocenters. The molecule has 0 atom stereocenters. The van der Waals surface area contributed by atoms with Gasteiger partial charge >= 0.3 is 0 Å². The molecule has 1 aromatic rings. The van der Waals surface area contributed by atoms with Crippen LogP contribution in [0.4, 0.5) is 0 Å². The molecule has 1 aromatic carbocycles. The second-order valence-corrected chi connectivity index (χ2v) is 4.68. The van der Waals surface area contributed by atoms with Gasteiger partial charge in [-0.2, -0.15) is 0 Å². The predicted octanol–water partition coefficient (Wildman–Crippen LogP) is 3.07. The molecule has 2 heteroatoms. The number of aryl methyl sites for hydroxylation is 1. The Morgan fingerprint density at radius 1 is 1.29 bits per heavy atom. The van der Waals surface area contributed by atoms with E-state index < -0.39 is 0 Å². The monoisotopic (exact) mass is 229 g/mol. The first-order valence-electron chi connectivity index (χ1n) is 6.30. The molecule has 1 fully saturated rings. The van der Waals surface area contributed by atoms with Crippen molar-refractivity contribution >= 4 is 12.0 Å². The van der Waals surface area contributed by atoms with Crippen LogP contribution in [0.15, 0.2) is 30.3 Å². The van der Waals surface area contributed by atoms with E-state index in [-0.39, 0.29) is 5.91 Å². The van der Waals surface area contributed by atoms with Gasteiger partial charge in [-0.05, 0) is 37.0 Å². The summed E-state index contributed by atoms with van der Waals surface area (Å²) in [5.41, 5.74) is 2.30. The van der Waals surface area contributed by atoms with Crippen molar-refractivity contribution in [1.82, 2.24) is 5.32 Å². The Bertz CT molecular complexity index is 417. The molecule has 2 rings (SSSR count). The number of hydrogen-bond acceptors (Lipinski definition) is 1. The van der Waals surface area contributed by atoms with Gasteiger partial charge in [0.1, 0.15) is 0 Å². The number of rotatable bonds is 3. The molecule has 1 amide bonds. The minimum atomic E-state index is 0.0279. The Hall–Kier alpha value is -1.57. The standard InChI is InChI=1S/C15H19NO/c1-12-6-2-3-7-13(12)10-11-15(17)16-14-8-4-5-9-14/h2-3,6-7,10-11,14H,4-5,8-9H2,1H3,(H,16,17). The van der Waals surface area contributed by atoms with Gasteiger partial charge in [-0.3, -0.25) is 4.79 Å². The van der Waals surface area contributed by atoms with Crippen LogP contribution in [0.2, 0.25) is 0 Å². The summed E-state index contributed by atoms with van der Waals surface area (Å²) in [7, 11) is 0. The zero-order valence-electron chi connectivity index (χ0n) is 10.3. The molecule has 0 heterocycles. The quantitative estimate of drug-likeness (QED) is 0.793. The Morgan fingerprint density at radius 3 is 2.71 bits per heavy atom. The first-order valence-corrected chi connectivity index (χ1v) is 6.30. The minimum absolute atomic E-state index is 0.0279. The molecule has 1 saturated carbocycles. The maximum Gasteiger partial charge on any atom is 0.244 e. The molecular weight excluding hydrogens is 210 g/mol. The number of hydrogen-bond donors (Lipinski definition) is 1. The van der Waals surface area contributed by atoms with Gasteiger partial charge in [-0.15, -0.1) is 0 Å². The summed E-state index contributed by atoms with van der Waals surface area (Å²) in [6, 6.07) is 8.46. The van der Waals surface area contributed by atoms with Crippen molar-refractivity contribution in [3.8, 4) is 0 Å². The summed E-state index contributed by atoms with van der Waals surface area (Å²) < 4.78 is 0. The van der Waals surface area contributed by atoms with Crippen molar-refractivity contribution in [3.63, 3.8) is 0 Å².